The van der Waals surface area contributed by atoms with Crippen LogP contribution in [0.5, 0.6) is 0 Å². The number of carbonyl (C=O) groups is 2. The molecular weight excluding hydrogens is 421 g/mol. The van der Waals surface area contributed by atoms with Crippen LogP contribution in [0.1, 0.15) is 23.2 Å². The molecule has 0 saturated carbocycles. The number of carbonyl (C=O) groups excluding carboxylic acids is 2. The van der Waals surface area contributed by atoms with E-state index in [1.807, 2.05) is 29.2 Å². The second-order valence-corrected chi connectivity index (χ2v) is 8.61. The molecule has 2 fully saturated rings. The summed E-state index contributed by atoms with van der Waals surface area (Å²) in [5.74, 6) is -0.496. The molecule has 1 aromatic heterocycles. The molecule has 2 amide bonds. The highest BCUT2D eigenvalue weighted by Gasteiger charge is 2.32. The molecule has 0 N–H and O–H groups in total. The molecule has 7 heteroatoms. The van der Waals surface area contributed by atoms with Crippen LogP contribution in [0.2, 0.25) is 0 Å². The lowest BCUT2D eigenvalue weighted by Gasteiger charge is -2.36. The molecule has 0 bridgehead atoms. The van der Waals surface area contributed by atoms with Crippen molar-refractivity contribution in [3.8, 4) is 11.3 Å². The SMILES string of the molecule is O=C(c1cc(-c2ccc(F)cc2)nc2ccccc12)N1CCCC(C(=O)N2CCOCC2)C1. The van der Waals surface area contributed by atoms with E-state index in [2.05, 4.69) is 0 Å². The summed E-state index contributed by atoms with van der Waals surface area (Å²) in [4.78, 5) is 35.1. The summed E-state index contributed by atoms with van der Waals surface area (Å²) in [5.41, 5.74) is 2.63. The van der Waals surface area contributed by atoms with Gasteiger partial charge in [0.25, 0.3) is 5.91 Å². The maximum absolute atomic E-state index is 13.7. The number of hydrogen-bond acceptors (Lipinski definition) is 4. The lowest BCUT2D eigenvalue weighted by molar-refractivity contribution is -0.141. The minimum absolute atomic E-state index is 0.101. The van der Waals surface area contributed by atoms with Gasteiger partial charge in [-0.2, -0.15) is 0 Å². The van der Waals surface area contributed by atoms with E-state index >= 15 is 0 Å². The van der Waals surface area contributed by atoms with Crippen molar-refractivity contribution in [1.29, 1.82) is 0 Å². The van der Waals surface area contributed by atoms with Crippen LogP contribution >= 0.6 is 0 Å². The Hall–Kier alpha value is -3.32. The summed E-state index contributed by atoms with van der Waals surface area (Å²) in [6, 6.07) is 15.4. The highest BCUT2D eigenvalue weighted by molar-refractivity contribution is 6.07. The smallest absolute Gasteiger partial charge is 0.254 e. The third kappa shape index (κ3) is 4.46. The van der Waals surface area contributed by atoms with Crippen LogP contribution in [0, 0.1) is 11.7 Å². The zero-order valence-electron chi connectivity index (χ0n) is 18.4. The maximum Gasteiger partial charge on any atom is 0.254 e. The zero-order valence-corrected chi connectivity index (χ0v) is 18.4. The number of para-hydroxylation sites is 1. The van der Waals surface area contributed by atoms with E-state index in [1.165, 1.54) is 12.1 Å². The van der Waals surface area contributed by atoms with Crippen LogP contribution in [0.25, 0.3) is 22.2 Å². The Kier molecular flexibility index (Phi) is 6.05. The number of halogens is 1. The number of pyridine rings is 1. The number of ether oxygens (including phenoxy) is 1. The van der Waals surface area contributed by atoms with Crippen molar-refractivity contribution in [3.05, 3.63) is 66.0 Å². The van der Waals surface area contributed by atoms with Crippen molar-refractivity contribution in [2.45, 2.75) is 12.8 Å². The van der Waals surface area contributed by atoms with Gasteiger partial charge < -0.3 is 14.5 Å². The van der Waals surface area contributed by atoms with Gasteiger partial charge in [0, 0.05) is 37.1 Å². The first-order valence-corrected chi connectivity index (χ1v) is 11.4. The van der Waals surface area contributed by atoms with Crippen molar-refractivity contribution < 1.29 is 18.7 Å². The standard InChI is InChI=1S/C26H26FN3O3/c27-20-9-7-18(8-10-20)24-16-22(21-5-1-2-6-23(21)28-24)26(32)30-11-3-4-19(17-30)25(31)29-12-14-33-15-13-29/h1-2,5-10,16,19H,3-4,11-15,17H2. The Bertz CT molecular complexity index is 1180. The van der Waals surface area contributed by atoms with Crippen molar-refractivity contribution in [2.75, 3.05) is 39.4 Å². The number of hydrogen-bond donors (Lipinski definition) is 0. The molecule has 3 aromatic rings. The monoisotopic (exact) mass is 447 g/mol. The third-order valence-electron chi connectivity index (χ3n) is 6.47. The minimum Gasteiger partial charge on any atom is -0.378 e. The molecule has 0 spiro atoms. The first kappa shape index (κ1) is 21.5. The Morgan fingerprint density at radius 2 is 1.73 bits per heavy atom. The van der Waals surface area contributed by atoms with Crippen LogP contribution in [-0.2, 0) is 9.53 Å². The van der Waals surface area contributed by atoms with Crippen molar-refractivity contribution in [3.63, 3.8) is 0 Å². The number of likely N-dealkylation sites (tertiary alicyclic amines) is 1. The first-order chi connectivity index (χ1) is 16.1. The van der Waals surface area contributed by atoms with Gasteiger partial charge in [-0.1, -0.05) is 18.2 Å². The van der Waals surface area contributed by atoms with E-state index in [0.29, 0.717) is 56.2 Å². The van der Waals surface area contributed by atoms with Crippen molar-refractivity contribution >= 4 is 22.7 Å². The highest BCUT2D eigenvalue weighted by Crippen LogP contribution is 2.28. The number of rotatable bonds is 3. The van der Waals surface area contributed by atoms with Crippen LogP contribution in [0.4, 0.5) is 4.39 Å². The van der Waals surface area contributed by atoms with Gasteiger partial charge in [0.2, 0.25) is 5.91 Å². The second-order valence-electron chi connectivity index (χ2n) is 8.61. The van der Waals surface area contributed by atoms with E-state index in [-0.39, 0.29) is 23.5 Å². The topological polar surface area (TPSA) is 62.7 Å². The number of nitrogens with zero attached hydrogens (tertiary/aromatic N) is 3. The molecule has 170 valence electrons. The van der Waals surface area contributed by atoms with Gasteiger partial charge in [-0.05, 0) is 49.2 Å². The molecular formula is C26H26FN3O3. The van der Waals surface area contributed by atoms with E-state index in [4.69, 9.17) is 9.72 Å². The van der Waals surface area contributed by atoms with Gasteiger partial charge in [-0.25, -0.2) is 9.37 Å². The summed E-state index contributed by atoms with van der Waals surface area (Å²) < 4.78 is 18.8. The fourth-order valence-corrected chi connectivity index (χ4v) is 4.70. The number of amides is 2. The van der Waals surface area contributed by atoms with E-state index in [0.717, 1.165) is 23.8 Å². The van der Waals surface area contributed by atoms with Gasteiger partial charge in [-0.3, -0.25) is 9.59 Å². The third-order valence-corrected chi connectivity index (χ3v) is 6.47. The fraction of sp³-hybridized carbons (Fsp3) is 0.346. The average Bonchev–Trinajstić information content (AvgIpc) is 2.88. The summed E-state index contributed by atoms with van der Waals surface area (Å²) in [7, 11) is 0. The number of piperidine rings is 1. The largest absolute Gasteiger partial charge is 0.378 e. The van der Waals surface area contributed by atoms with Gasteiger partial charge in [0.1, 0.15) is 5.82 Å². The Balaban J connectivity index is 1.44. The number of benzene rings is 2. The van der Waals surface area contributed by atoms with Crippen molar-refractivity contribution in [2.24, 2.45) is 5.92 Å². The number of morpholine rings is 1. The lowest BCUT2D eigenvalue weighted by atomic mass is 9.95. The van der Waals surface area contributed by atoms with Crippen LogP contribution in [0.15, 0.2) is 54.6 Å². The molecule has 2 aromatic carbocycles. The normalized spacial score (nSPS) is 19.0. The molecule has 2 saturated heterocycles. The lowest BCUT2D eigenvalue weighted by Crippen LogP contribution is -2.49. The molecule has 2 aliphatic heterocycles. The fourth-order valence-electron chi connectivity index (χ4n) is 4.70. The number of fused-ring (bicyclic) bond motifs is 1. The average molecular weight is 448 g/mol. The van der Waals surface area contributed by atoms with E-state index in [9.17, 15) is 14.0 Å². The molecule has 0 aliphatic carbocycles. The van der Waals surface area contributed by atoms with Crippen LogP contribution in [0.3, 0.4) is 0 Å². The van der Waals surface area contributed by atoms with Crippen molar-refractivity contribution in [1.82, 2.24) is 14.8 Å². The molecule has 0 radical (unpaired) electrons. The Morgan fingerprint density at radius 1 is 0.970 bits per heavy atom. The zero-order chi connectivity index (χ0) is 22.8. The van der Waals surface area contributed by atoms with Crippen LogP contribution in [-0.4, -0.2) is 66.0 Å². The van der Waals surface area contributed by atoms with Gasteiger partial charge >= 0.3 is 0 Å². The quantitative estimate of drug-likeness (QED) is 0.614. The summed E-state index contributed by atoms with van der Waals surface area (Å²) in [5, 5.41) is 0.773. The van der Waals surface area contributed by atoms with E-state index in [1.54, 1.807) is 23.1 Å². The molecule has 1 atom stereocenters. The molecule has 3 heterocycles. The van der Waals surface area contributed by atoms with Crippen LogP contribution < -0.4 is 0 Å². The summed E-state index contributed by atoms with van der Waals surface area (Å²) >= 11 is 0. The predicted octanol–water partition coefficient (Wildman–Crippen LogP) is 3.75. The molecule has 6 nitrogen and oxygen atoms in total. The molecule has 1 unspecified atom stereocenters. The Labute approximate surface area is 192 Å². The highest BCUT2D eigenvalue weighted by atomic mass is 19.1. The van der Waals surface area contributed by atoms with Gasteiger partial charge in [-0.15, -0.1) is 0 Å². The second kappa shape index (κ2) is 9.27. The molecule has 33 heavy (non-hydrogen) atoms. The first-order valence-electron chi connectivity index (χ1n) is 11.4. The van der Waals surface area contributed by atoms with Gasteiger partial charge in [0.15, 0.2) is 0 Å². The minimum atomic E-state index is -0.319. The van der Waals surface area contributed by atoms with Gasteiger partial charge in [0.05, 0.1) is 35.9 Å². The predicted molar refractivity (Wildman–Crippen MR) is 123 cm³/mol. The molecule has 2 aliphatic rings. The Morgan fingerprint density at radius 3 is 2.52 bits per heavy atom. The summed E-state index contributed by atoms with van der Waals surface area (Å²) in [6.45, 7) is 3.39. The summed E-state index contributed by atoms with van der Waals surface area (Å²) in [6.07, 6.45) is 1.58. The van der Waals surface area contributed by atoms with E-state index < -0.39 is 0 Å². The number of aromatic nitrogens is 1. The molecule has 5 rings (SSSR count). The maximum atomic E-state index is 13.7.